The van der Waals surface area contributed by atoms with Crippen LogP contribution in [0.25, 0.3) is 0 Å². The first-order valence-corrected chi connectivity index (χ1v) is 7.70. The molecule has 1 atom stereocenters. The van der Waals surface area contributed by atoms with Crippen LogP contribution >= 0.6 is 0 Å². The fraction of sp³-hybridized carbons (Fsp3) is 0.625. The number of halogens is 11. The Morgan fingerprint density at radius 2 is 1.21 bits per heavy atom. The van der Waals surface area contributed by atoms with Crippen molar-refractivity contribution in [2.75, 3.05) is 19.0 Å². The summed E-state index contributed by atoms with van der Waals surface area (Å²) in [6.45, 7) is 0.513. The number of nitrogens with zero attached hydrogens (tertiary/aromatic N) is 1. The molecule has 0 saturated carbocycles. The Labute approximate surface area is 157 Å². The minimum absolute atomic E-state index is 0.0102. The van der Waals surface area contributed by atoms with Crippen LogP contribution in [-0.4, -0.2) is 49.1 Å². The van der Waals surface area contributed by atoms with Crippen LogP contribution in [0.5, 0.6) is 0 Å². The standard InChI is InChI=1S/C16H16F11NO/c1-11(29,9-6-4-5-7-10(9)28(2)3)8-12(17,18)13(19,20)14(21,22)15(23,24)16(25,26)27/h4-7,29H,8H2,1-3H3. The van der Waals surface area contributed by atoms with Crippen LogP contribution in [0, 0.1) is 0 Å². The normalized spacial score (nSPS) is 16.5. The molecular weight excluding hydrogens is 431 g/mol. The average Bonchev–Trinajstić information content (AvgIpc) is 2.52. The number of aliphatic hydroxyl groups is 1. The summed E-state index contributed by atoms with van der Waals surface area (Å²) in [7, 11) is 2.72. The first kappa shape index (κ1) is 25.2. The first-order valence-electron chi connectivity index (χ1n) is 7.70. The zero-order valence-corrected chi connectivity index (χ0v) is 15.1. The molecule has 0 aliphatic rings. The number of anilines is 1. The summed E-state index contributed by atoms with van der Waals surface area (Å²) < 4.78 is 144. The van der Waals surface area contributed by atoms with Gasteiger partial charge in [0, 0.05) is 25.3 Å². The second kappa shape index (κ2) is 7.17. The SMILES string of the molecule is CN(C)c1ccccc1C(C)(O)CC(F)(F)C(F)(F)C(F)(F)C(F)(F)C(F)(F)F. The molecule has 1 rings (SSSR count). The fourth-order valence-corrected chi connectivity index (χ4v) is 2.56. The van der Waals surface area contributed by atoms with Crippen LogP contribution in [0.15, 0.2) is 24.3 Å². The van der Waals surface area contributed by atoms with E-state index in [1.165, 1.54) is 37.2 Å². The molecule has 1 aromatic rings. The molecule has 2 nitrogen and oxygen atoms in total. The van der Waals surface area contributed by atoms with Gasteiger partial charge >= 0.3 is 29.9 Å². The molecule has 0 fully saturated rings. The van der Waals surface area contributed by atoms with E-state index >= 15 is 0 Å². The smallest absolute Gasteiger partial charge is 0.385 e. The summed E-state index contributed by atoms with van der Waals surface area (Å²) in [5, 5.41) is 10.2. The van der Waals surface area contributed by atoms with Crippen LogP contribution in [-0.2, 0) is 5.60 Å². The molecule has 0 amide bonds. The van der Waals surface area contributed by atoms with Crippen molar-refractivity contribution in [3.8, 4) is 0 Å². The minimum atomic E-state index is -7.50. The highest BCUT2D eigenvalue weighted by Gasteiger charge is 2.87. The number of benzene rings is 1. The molecule has 0 bridgehead atoms. The van der Waals surface area contributed by atoms with Gasteiger partial charge in [-0.2, -0.15) is 48.3 Å². The highest BCUT2D eigenvalue weighted by atomic mass is 19.4. The first-order chi connectivity index (χ1) is 12.6. The fourth-order valence-electron chi connectivity index (χ4n) is 2.56. The predicted octanol–water partition coefficient (Wildman–Crippen LogP) is 5.45. The molecule has 1 aromatic carbocycles. The van der Waals surface area contributed by atoms with E-state index in [9.17, 15) is 53.4 Å². The van der Waals surface area contributed by atoms with Crippen LogP contribution in [0.3, 0.4) is 0 Å². The molecule has 0 saturated heterocycles. The molecule has 0 aliphatic heterocycles. The molecular formula is C16H16F11NO. The van der Waals surface area contributed by atoms with Crippen LogP contribution in [0.4, 0.5) is 54.0 Å². The summed E-state index contributed by atoms with van der Waals surface area (Å²) in [6, 6.07) is 4.76. The summed E-state index contributed by atoms with van der Waals surface area (Å²) >= 11 is 0. The van der Waals surface area contributed by atoms with E-state index in [0.29, 0.717) is 6.92 Å². The molecule has 1 N–H and O–H groups in total. The Bertz CT molecular complexity index is 726. The van der Waals surface area contributed by atoms with Gasteiger partial charge in [0.25, 0.3) is 0 Å². The van der Waals surface area contributed by atoms with Crippen molar-refractivity contribution < 1.29 is 53.4 Å². The number of rotatable bonds is 7. The lowest BCUT2D eigenvalue weighted by Gasteiger charge is -2.40. The number of hydrogen-bond acceptors (Lipinski definition) is 2. The zero-order chi connectivity index (χ0) is 23.3. The molecule has 0 aromatic heterocycles. The average molecular weight is 447 g/mol. The summed E-state index contributed by atoms with van der Waals surface area (Å²) in [5.74, 6) is -28.3. The summed E-state index contributed by atoms with van der Waals surface area (Å²) in [4.78, 5) is 1.24. The van der Waals surface area contributed by atoms with E-state index in [0.717, 1.165) is 6.07 Å². The van der Waals surface area contributed by atoms with Crippen molar-refractivity contribution in [1.82, 2.24) is 0 Å². The summed E-state index contributed by atoms with van der Waals surface area (Å²) in [6.07, 6.45) is -9.79. The second-order valence-corrected chi connectivity index (χ2v) is 6.79. The molecule has 0 radical (unpaired) electrons. The van der Waals surface area contributed by atoms with Gasteiger partial charge in [0.05, 0.1) is 12.0 Å². The molecule has 13 heteroatoms. The third-order valence-corrected chi connectivity index (χ3v) is 4.14. The molecule has 0 aliphatic carbocycles. The minimum Gasteiger partial charge on any atom is -0.385 e. The van der Waals surface area contributed by atoms with E-state index in [1.54, 1.807) is 0 Å². The van der Waals surface area contributed by atoms with Crippen molar-refractivity contribution in [3.63, 3.8) is 0 Å². The molecule has 1 unspecified atom stereocenters. The van der Waals surface area contributed by atoms with Gasteiger partial charge in [0.1, 0.15) is 0 Å². The number of para-hydroxylation sites is 1. The molecule has 0 heterocycles. The van der Waals surface area contributed by atoms with Gasteiger partial charge in [-0.1, -0.05) is 18.2 Å². The Balaban J connectivity index is 3.44. The Hall–Kier alpha value is -1.79. The quantitative estimate of drug-likeness (QED) is 0.562. The van der Waals surface area contributed by atoms with Crippen LogP contribution < -0.4 is 4.90 Å². The van der Waals surface area contributed by atoms with Crippen LogP contribution in [0.2, 0.25) is 0 Å². The van der Waals surface area contributed by atoms with Crippen molar-refractivity contribution in [3.05, 3.63) is 29.8 Å². The number of alkyl halides is 11. The topological polar surface area (TPSA) is 23.5 Å². The Morgan fingerprint density at radius 3 is 1.62 bits per heavy atom. The lowest BCUT2D eigenvalue weighted by molar-refractivity contribution is -0.424. The van der Waals surface area contributed by atoms with Gasteiger partial charge < -0.3 is 10.0 Å². The van der Waals surface area contributed by atoms with Crippen molar-refractivity contribution in [1.29, 1.82) is 0 Å². The van der Waals surface area contributed by atoms with Gasteiger partial charge in [-0.15, -0.1) is 0 Å². The molecule has 0 spiro atoms. The van der Waals surface area contributed by atoms with Crippen molar-refractivity contribution in [2.45, 2.75) is 48.8 Å². The monoisotopic (exact) mass is 447 g/mol. The lowest BCUT2D eigenvalue weighted by Crippen LogP contribution is -2.67. The van der Waals surface area contributed by atoms with Gasteiger partial charge in [-0.05, 0) is 13.0 Å². The second-order valence-electron chi connectivity index (χ2n) is 6.79. The van der Waals surface area contributed by atoms with E-state index in [4.69, 9.17) is 0 Å². The van der Waals surface area contributed by atoms with Gasteiger partial charge in [0.15, 0.2) is 0 Å². The summed E-state index contributed by atoms with van der Waals surface area (Å²) in [5.41, 5.74) is -3.48. The zero-order valence-electron chi connectivity index (χ0n) is 15.1. The van der Waals surface area contributed by atoms with Gasteiger partial charge in [0.2, 0.25) is 0 Å². The van der Waals surface area contributed by atoms with Crippen molar-refractivity contribution >= 4 is 5.69 Å². The Kier molecular flexibility index (Phi) is 6.24. The van der Waals surface area contributed by atoms with Gasteiger partial charge in [-0.3, -0.25) is 0 Å². The van der Waals surface area contributed by atoms with Crippen LogP contribution in [0.1, 0.15) is 18.9 Å². The predicted molar refractivity (Wildman–Crippen MR) is 80.8 cm³/mol. The third-order valence-electron chi connectivity index (χ3n) is 4.14. The molecule has 168 valence electrons. The lowest BCUT2D eigenvalue weighted by atomic mass is 9.84. The highest BCUT2D eigenvalue weighted by molar-refractivity contribution is 5.55. The Morgan fingerprint density at radius 1 is 0.759 bits per heavy atom. The van der Waals surface area contributed by atoms with E-state index in [1.807, 2.05) is 0 Å². The van der Waals surface area contributed by atoms with Gasteiger partial charge in [-0.25, -0.2) is 0 Å². The van der Waals surface area contributed by atoms with E-state index in [2.05, 4.69) is 0 Å². The molecule has 29 heavy (non-hydrogen) atoms. The van der Waals surface area contributed by atoms with E-state index < -0.39 is 47.5 Å². The number of hydrogen-bond donors (Lipinski definition) is 1. The third kappa shape index (κ3) is 4.10. The highest BCUT2D eigenvalue weighted by Crippen LogP contribution is 2.59. The van der Waals surface area contributed by atoms with Crippen molar-refractivity contribution in [2.24, 2.45) is 0 Å². The maximum atomic E-state index is 14.0. The maximum Gasteiger partial charge on any atom is 0.460 e. The van der Waals surface area contributed by atoms with E-state index in [-0.39, 0.29) is 5.69 Å². The largest absolute Gasteiger partial charge is 0.460 e. The maximum absolute atomic E-state index is 14.0.